The van der Waals surface area contributed by atoms with E-state index in [0.29, 0.717) is 24.1 Å². The first-order chi connectivity index (χ1) is 14.8. The Kier molecular flexibility index (Phi) is 7.49. The van der Waals surface area contributed by atoms with Gasteiger partial charge in [-0.15, -0.1) is 0 Å². The zero-order valence-corrected chi connectivity index (χ0v) is 18.9. The topological polar surface area (TPSA) is 83.6 Å². The summed E-state index contributed by atoms with van der Waals surface area (Å²) in [5.41, 5.74) is 2.07. The van der Waals surface area contributed by atoms with Crippen LogP contribution in [0, 0.1) is 0 Å². The van der Waals surface area contributed by atoms with E-state index in [4.69, 9.17) is 0 Å². The second-order valence-corrected chi connectivity index (χ2v) is 10.6. The molecular formula is C24H30N2O4S. The van der Waals surface area contributed by atoms with Gasteiger partial charge in [0.15, 0.2) is 9.84 Å². The molecule has 0 spiro atoms. The van der Waals surface area contributed by atoms with Crippen molar-refractivity contribution < 1.29 is 18.0 Å². The lowest BCUT2D eigenvalue weighted by atomic mass is 10.1. The minimum absolute atomic E-state index is 0.00981. The molecule has 6 nitrogen and oxygen atoms in total. The zero-order valence-electron chi connectivity index (χ0n) is 18.1. The molecule has 2 aromatic carbocycles. The molecule has 31 heavy (non-hydrogen) atoms. The maximum absolute atomic E-state index is 12.7. The summed E-state index contributed by atoms with van der Waals surface area (Å²) in [5.74, 6) is -0.500. The Morgan fingerprint density at radius 2 is 1.74 bits per heavy atom. The van der Waals surface area contributed by atoms with Crippen LogP contribution < -0.4 is 5.32 Å². The van der Waals surface area contributed by atoms with E-state index in [-0.39, 0.29) is 35.3 Å². The van der Waals surface area contributed by atoms with E-state index >= 15 is 0 Å². The van der Waals surface area contributed by atoms with Gasteiger partial charge >= 0.3 is 0 Å². The van der Waals surface area contributed by atoms with Gasteiger partial charge in [-0.2, -0.15) is 0 Å². The first-order valence-electron chi connectivity index (χ1n) is 10.7. The van der Waals surface area contributed by atoms with Crippen LogP contribution in [0.3, 0.4) is 0 Å². The number of sulfone groups is 1. The monoisotopic (exact) mass is 442 g/mol. The fraction of sp³-hybridized carbons (Fsp3) is 0.417. The third-order valence-electron chi connectivity index (χ3n) is 6.05. The molecular weight excluding hydrogens is 412 g/mol. The average Bonchev–Trinajstić information content (AvgIpc) is 3.33. The van der Waals surface area contributed by atoms with Crippen molar-refractivity contribution in [1.29, 1.82) is 0 Å². The van der Waals surface area contributed by atoms with Crippen molar-refractivity contribution in [3.8, 4) is 0 Å². The first kappa shape index (κ1) is 23.0. The van der Waals surface area contributed by atoms with Crippen LogP contribution in [-0.4, -0.2) is 43.2 Å². The number of carbonyl (C=O) groups is 2. The van der Waals surface area contributed by atoms with Crippen molar-refractivity contribution in [2.45, 2.75) is 50.3 Å². The van der Waals surface area contributed by atoms with Crippen molar-refractivity contribution in [2.75, 3.05) is 18.1 Å². The fourth-order valence-electron chi connectivity index (χ4n) is 3.93. The molecule has 1 saturated carbocycles. The number of nitrogens with zero attached hydrogens (tertiary/aromatic N) is 1. The molecule has 1 N–H and O–H groups in total. The first-order valence-corrected chi connectivity index (χ1v) is 12.4. The second-order valence-electron chi connectivity index (χ2n) is 8.15. The molecule has 0 aliphatic heterocycles. The summed E-state index contributed by atoms with van der Waals surface area (Å²) >= 11 is 0. The van der Waals surface area contributed by atoms with E-state index in [2.05, 4.69) is 5.32 Å². The zero-order chi connectivity index (χ0) is 22.4. The van der Waals surface area contributed by atoms with Crippen LogP contribution in [0.4, 0.5) is 5.69 Å². The molecule has 1 atom stereocenters. The Morgan fingerprint density at radius 3 is 2.42 bits per heavy atom. The molecule has 0 aromatic heterocycles. The molecule has 0 saturated heterocycles. The van der Waals surface area contributed by atoms with Gasteiger partial charge in [0.25, 0.3) is 5.91 Å². The summed E-state index contributed by atoms with van der Waals surface area (Å²) in [7, 11) is -1.54. The molecule has 3 rings (SSSR count). The maximum Gasteiger partial charge on any atom is 0.255 e. The summed E-state index contributed by atoms with van der Waals surface area (Å²) < 4.78 is 24.9. The summed E-state index contributed by atoms with van der Waals surface area (Å²) in [5, 5.41) is 2.59. The standard InChI is InChI=1S/C24H30N2O4S/c1-18(26(2)23(27)15-16-31(29,30)22-13-6-7-14-22)20-11-8-12-21(17-20)25-24(28)19-9-4-3-5-10-19/h3-5,8-12,17-18,22H,6-7,13-16H2,1-2H3,(H,25,28)/t18-/m1/s1. The van der Waals surface area contributed by atoms with Crippen LogP contribution in [0.2, 0.25) is 0 Å². The molecule has 1 aliphatic carbocycles. The number of carbonyl (C=O) groups excluding carboxylic acids is 2. The third-order valence-corrected chi connectivity index (χ3v) is 8.31. The van der Waals surface area contributed by atoms with Gasteiger partial charge in [-0.05, 0) is 49.6 Å². The van der Waals surface area contributed by atoms with Crippen molar-refractivity contribution in [2.24, 2.45) is 0 Å². The highest BCUT2D eigenvalue weighted by Gasteiger charge is 2.29. The molecule has 0 heterocycles. The van der Waals surface area contributed by atoms with E-state index in [0.717, 1.165) is 18.4 Å². The largest absolute Gasteiger partial charge is 0.339 e. The highest BCUT2D eigenvalue weighted by Crippen LogP contribution is 2.26. The SMILES string of the molecule is C[C@H](c1cccc(NC(=O)c2ccccc2)c1)N(C)C(=O)CCS(=O)(=O)C1CCCC1. The highest BCUT2D eigenvalue weighted by molar-refractivity contribution is 7.92. The number of rotatable bonds is 8. The lowest BCUT2D eigenvalue weighted by Crippen LogP contribution is -2.32. The smallest absolute Gasteiger partial charge is 0.255 e. The number of hydrogen-bond acceptors (Lipinski definition) is 4. The van der Waals surface area contributed by atoms with Crippen LogP contribution in [0.5, 0.6) is 0 Å². The van der Waals surface area contributed by atoms with Crippen LogP contribution in [-0.2, 0) is 14.6 Å². The van der Waals surface area contributed by atoms with Gasteiger partial charge in [0.05, 0.1) is 17.0 Å². The average molecular weight is 443 g/mol. The second kappa shape index (κ2) is 10.1. The Balaban J connectivity index is 1.61. The Bertz CT molecular complexity index is 1010. The fourth-order valence-corrected chi connectivity index (χ4v) is 5.77. The van der Waals surface area contributed by atoms with Gasteiger partial charge in [-0.25, -0.2) is 8.42 Å². The quantitative estimate of drug-likeness (QED) is 0.664. The van der Waals surface area contributed by atoms with E-state index in [1.54, 1.807) is 42.3 Å². The molecule has 166 valence electrons. The van der Waals surface area contributed by atoms with Crippen LogP contribution in [0.15, 0.2) is 54.6 Å². The van der Waals surface area contributed by atoms with E-state index in [9.17, 15) is 18.0 Å². The van der Waals surface area contributed by atoms with Gasteiger partial charge < -0.3 is 10.2 Å². The van der Waals surface area contributed by atoms with Crippen molar-refractivity contribution >= 4 is 27.3 Å². The lowest BCUT2D eigenvalue weighted by Gasteiger charge is -2.26. The van der Waals surface area contributed by atoms with E-state index < -0.39 is 9.84 Å². The number of amides is 2. The predicted octanol–water partition coefficient (Wildman–Crippen LogP) is 4.21. The van der Waals surface area contributed by atoms with Crippen molar-refractivity contribution in [3.05, 3.63) is 65.7 Å². The Hall–Kier alpha value is -2.67. The normalized spacial score (nSPS) is 15.4. The predicted molar refractivity (Wildman–Crippen MR) is 123 cm³/mol. The van der Waals surface area contributed by atoms with E-state index in [1.165, 1.54) is 0 Å². The number of benzene rings is 2. The molecule has 0 radical (unpaired) electrons. The minimum atomic E-state index is -3.22. The minimum Gasteiger partial charge on any atom is -0.339 e. The number of anilines is 1. The highest BCUT2D eigenvalue weighted by atomic mass is 32.2. The summed E-state index contributed by atoms with van der Waals surface area (Å²) in [6.07, 6.45) is 3.32. The molecule has 0 bridgehead atoms. The molecule has 1 fully saturated rings. The molecule has 2 aromatic rings. The number of hydrogen-bond donors (Lipinski definition) is 1. The molecule has 0 unspecified atom stereocenters. The van der Waals surface area contributed by atoms with E-state index in [1.807, 2.05) is 31.2 Å². The van der Waals surface area contributed by atoms with Gasteiger partial charge in [0.2, 0.25) is 5.91 Å². The summed E-state index contributed by atoms with van der Waals surface area (Å²) in [4.78, 5) is 26.6. The van der Waals surface area contributed by atoms with Gasteiger partial charge in [0.1, 0.15) is 0 Å². The summed E-state index contributed by atoms with van der Waals surface area (Å²) in [6.45, 7) is 1.89. The van der Waals surface area contributed by atoms with Crippen molar-refractivity contribution in [1.82, 2.24) is 4.90 Å². The number of nitrogens with one attached hydrogen (secondary N) is 1. The Morgan fingerprint density at radius 1 is 1.06 bits per heavy atom. The van der Waals surface area contributed by atoms with Crippen LogP contribution >= 0.6 is 0 Å². The summed E-state index contributed by atoms with van der Waals surface area (Å²) in [6, 6.07) is 16.1. The molecule has 1 aliphatic rings. The molecule has 2 amide bonds. The van der Waals surface area contributed by atoms with Gasteiger partial charge in [0, 0.05) is 24.7 Å². The van der Waals surface area contributed by atoms with Gasteiger partial charge in [-0.3, -0.25) is 9.59 Å². The van der Waals surface area contributed by atoms with Crippen LogP contribution in [0.25, 0.3) is 0 Å². The lowest BCUT2D eigenvalue weighted by molar-refractivity contribution is -0.131. The van der Waals surface area contributed by atoms with Crippen molar-refractivity contribution in [3.63, 3.8) is 0 Å². The van der Waals surface area contributed by atoms with Crippen LogP contribution in [0.1, 0.15) is 61.0 Å². The molecule has 7 heteroatoms. The Labute approximate surface area is 184 Å². The van der Waals surface area contributed by atoms with Gasteiger partial charge in [-0.1, -0.05) is 43.2 Å². The maximum atomic E-state index is 12.7. The third kappa shape index (κ3) is 5.94.